The van der Waals surface area contributed by atoms with Gasteiger partial charge in [0.25, 0.3) is 10.1 Å². The minimum Gasteiger partial charge on any atom is -0.354 e. The summed E-state index contributed by atoms with van der Waals surface area (Å²) in [5, 5.41) is 2.97. The Balaban J connectivity index is 0.000000237. The van der Waals surface area contributed by atoms with Crippen LogP contribution in [0, 0.1) is 36.5 Å². The van der Waals surface area contributed by atoms with Crippen LogP contribution in [0.2, 0.25) is 0 Å². The number of benzene rings is 1. The predicted molar refractivity (Wildman–Crippen MR) is 145 cm³/mol. The van der Waals surface area contributed by atoms with Crippen molar-refractivity contribution in [2.75, 3.05) is 6.54 Å². The van der Waals surface area contributed by atoms with Crippen LogP contribution in [0.1, 0.15) is 83.6 Å². The van der Waals surface area contributed by atoms with Gasteiger partial charge in [-0.05, 0) is 95.6 Å². The molecule has 5 saturated carbocycles. The Morgan fingerprint density at radius 1 is 1.08 bits per heavy atom. The van der Waals surface area contributed by atoms with Crippen LogP contribution in [-0.2, 0) is 29.4 Å². The maximum Gasteiger partial charge on any atom is 0.294 e. The van der Waals surface area contributed by atoms with Crippen molar-refractivity contribution in [3.05, 3.63) is 29.8 Å². The molecular formula is C29H44N2O7S. The van der Waals surface area contributed by atoms with Crippen molar-refractivity contribution >= 4 is 16.0 Å². The lowest BCUT2D eigenvalue weighted by Gasteiger charge is -2.57. The standard InChI is InChI=1S/C22H36N2O4.C7H8O3S/c1-20(2,23)13-24-19(25)11-14-4-3-5-21(12-14)26-22(28-27-21)17-7-15-6-16(9-17)10-18(22)8-15;1-6-2-4-7(5-3-6)11(8,9)10/h14-18H,3-13,23H2,1-2H3,(H,24,25);2-5H,1H3,(H,8,9,10)/t14-,15?,16?,17?,18?,21+,22?;/m0./s1. The molecule has 10 heteroatoms. The molecule has 218 valence electrons. The minimum absolute atomic E-state index is 0.0666. The zero-order valence-electron chi connectivity index (χ0n) is 23.4. The second-order valence-electron chi connectivity index (χ2n) is 13.4. The number of hydrogen-bond donors (Lipinski definition) is 3. The number of aryl methyl sites for hydroxylation is 1. The van der Waals surface area contributed by atoms with E-state index in [2.05, 4.69) is 5.32 Å². The molecule has 6 aliphatic rings. The third kappa shape index (κ3) is 6.52. The van der Waals surface area contributed by atoms with E-state index in [1.165, 1.54) is 44.2 Å². The fraction of sp³-hybridized carbons (Fsp3) is 0.759. The van der Waals surface area contributed by atoms with Gasteiger partial charge in [-0.25, -0.2) is 0 Å². The van der Waals surface area contributed by atoms with E-state index in [0.717, 1.165) is 43.1 Å². The number of amides is 1. The van der Waals surface area contributed by atoms with E-state index >= 15 is 0 Å². The molecule has 0 aromatic heterocycles. The van der Waals surface area contributed by atoms with Crippen molar-refractivity contribution in [3.63, 3.8) is 0 Å². The van der Waals surface area contributed by atoms with Gasteiger partial charge < -0.3 is 15.8 Å². The van der Waals surface area contributed by atoms with E-state index in [1.807, 2.05) is 20.8 Å². The molecule has 0 unspecified atom stereocenters. The maximum absolute atomic E-state index is 12.4. The summed E-state index contributed by atoms with van der Waals surface area (Å²) in [4.78, 5) is 24.4. The first-order valence-corrected chi connectivity index (χ1v) is 15.9. The van der Waals surface area contributed by atoms with Gasteiger partial charge in [0.2, 0.25) is 17.5 Å². The first kappa shape index (κ1) is 29.0. The molecule has 4 N–H and O–H groups in total. The summed E-state index contributed by atoms with van der Waals surface area (Å²) >= 11 is 0. The Hall–Kier alpha value is -1.56. The molecule has 39 heavy (non-hydrogen) atoms. The zero-order valence-corrected chi connectivity index (χ0v) is 24.2. The van der Waals surface area contributed by atoms with Crippen LogP contribution in [0.5, 0.6) is 0 Å². The number of ether oxygens (including phenoxy) is 1. The molecule has 2 atom stereocenters. The Labute approximate surface area is 232 Å². The first-order valence-electron chi connectivity index (χ1n) is 14.4. The molecule has 6 fully saturated rings. The lowest BCUT2D eigenvalue weighted by atomic mass is 9.53. The second-order valence-corrected chi connectivity index (χ2v) is 14.8. The SMILES string of the molecule is CC(C)(N)CNC(=O)C[C@@H]1CCC[C@]2(C1)OOC1(O2)C2CC3CC(C2)CC1C3.Cc1ccc(S(=O)(=O)O)cc1. The van der Waals surface area contributed by atoms with Gasteiger partial charge in [0.05, 0.1) is 4.90 Å². The van der Waals surface area contributed by atoms with E-state index in [-0.39, 0.29) is 22.3 Å². The summed E-state index contributed by atoms with van der Waals surface area (Å²) in [7, 11) is -4.02. The highest BCUT2D eigenvalue weighted by atomic mass is 32.2. The quantitative estimate of drug-likeness (QED) is 0.351. The highest BCUT2D eigenvalue weighted by molar-refractivity contribution is 7.85. The van der Waals surface area contributed by atoms with Gasteiger partial charge in [0.1, 0.15) is 0 Å². The van der Waals surface area contributed by atoms with E-state index in [1.54, 1.807) is 12.1 Å². The van der Waals surface area contributed by atoms with Crippen molar-refractivity contribution in [2.45, 2.75) is 107 Å². The summed E-state index contributed by atoms with van der Waals surface area (Å²) < 4.78 is 36.3. The largest absolute Gasteiger partial charge is 0.354 e. The molecule has 9 nitrogen and oxygen atoms in total. The number of carbonyl (C=O) groups excluding carboxylic acids is 1. The fourth-order valence-corrected chi connectivity index (χ4v) is 8.11. The smallest absolute Gasteiger partial charge is 0.294 e. The molecule has 1 aromatic rings. The van der Waals surface area contributed by atoms with Crippen LogP contribution in [0.15, 0.2) is 29.2 Å². The molecule has 2 spiro atoms. The van der Waals surface area contributed by atoms with E-state index in [4.69, 9.17) is 24.8 Å². The summed E-state index contributed by atoms with van der Waals surface area (Å²) in [5.74, 6) is 1.89. The molecule has 1 amide bonds. The summed E-state index contributed by atoms with van der Waals surface area (Å²) in [6, 6.07) is 5.99. The van der Waals surface area contributed by atoms with E-state index in [0.29, 0.717) is 24.8 Å². The number of hydrogen-bond acceptors (Lipinski definition) is 7. The van der Waals surface area contributed by atoms with Crippen molar-refractivity contribution in [1.82, 2.24) is 5.32 Å². The number of nitrogens with two attached hydrogens (primary N) is 1. The van der Waals surface area contributed by atoms with Gasteiger partial charge in [-0.2, -0.15) is 18.2 Å². The van der Waals surface area contributed by atoms with Crippen LogP contribution in [0.4, 0.5) is 0 Å². The highest BCUT2D eigenvalue weighted by Crippen LogP contribution is 2.64. The van der Waals surface area contributed by atoms with Crippen LogP contribution < -0.4 is 11.1 Å². The third-order valence-electron chi connectivity index (χ3n) is 9.25. The first-order chi connectivity index (χ1) is 18.3. The average Bonchev–Trinajstić information content (AvgIpc) is 3.20. The Kier molecular flexibility index (Phi) is 7.93. The maximum atomic E-state index is 12.4. The number of carbonyl (C=O) groups is 1. The van der Waals surface area contributed by atoms with Crippen LogP contribution in [0.25, 0.3) is 0 Å². The molecule has 1 saturated heterocycles. The number of nitrogens with one attached hydrogen (secondary N) is 1. The van der Waals surface area contributed by atoms with Crippen molar-refractivity contribution in [2.24, 2.45) is 35.3 Å². The minimum atomic E-state index is -4.02. The van der Waals surface area contributed by atoms with Gasteiger partial charge in [0, 0.05) is 43.2 Å². The van der Waals surface area contributed by atoms with E-state index in [9.17, 15) is 13.2 Å². The van der Waals surface area contributed by atoms with Crippen LogP contribution >= 0.6 is 0 Å². The van der Waals surface area contributed by atoms with Crippen LogP contribution in [0.3, 0.4) is 0 Å². The van der Waals surface area contributed by atoms with Gasteiger partial charge in [0.15, 0.2) is 0 Å². The zero-order chi connectivity index (χ0) is 28.1. The Morgan fingerprint density at radius 3 is 2.26 bits per heavy atom. The Morgan fingerprint density at radius 2 is 1.69 bits per heavy atom. The van der Waals surface area contributed by atoms with Gasteiger partial charge in [-0.3, -0.25) is 9.35 Å². The van der Waals surface area contributed by atoms with Crippen molar-refractivity contribution in [3.8, 4) is 0 Å². The monoisotopic (exact) mass is 564 g/mol. The fourth-order valence-electron chi connectivity index (χ4n) is 7.63. The number of rotatable bonds is 5. The lowest BCUT2D eigenvalue weighted by Crippen LogP contribution is -2.59. The average molecular weight is 565 g/mol. The van der Waals surface area contributed by atoms with Gasteiger partial charge in [-0.1, -0.05) is 17.7 Å². The third-order valence-corrected chi connectivity index (χ3v) is 10.1. The summed E-state index contributed by atoms with van der Waals surface area (Å²) in [6.45, 7) is 6.18. The Bertz CT molecular complexity index is 1120. The van der Waals surface area contributed by atoms with E-state index < -0.39 is 21.7 Å². The second kappa shape index (κ2) is 10.7. The van der Waals surface area contributed by atoms with Crippen molar-refractivity contribution < 1.29 is 32.3 Å². The normalized spacial score (nSPS) is 37.1. The molecule has 4 bridgehead atoms. The molecule has 1 aromatic carbocycles. The molecule has 0 radical (unpaired) electrons. The van der Waals surface area contributed by atoms with Crippen molar-refractivity contribution in [1.29, 1.82) is 0 Å². The summed E-state index contributed by atoms with van der Waals surface area (Å²) in [6.07, 6.45) is 10.5. The lowest BCUT2D eigenvalue weighted by molar-refractivity contribution is -0.390. The molecule has 7 rings (SSSR count). The molecular weight excluding hydrogens is 520 g/mol. The molecule has 5 aliphatic carbocycles. The molecule has 1 aliphatic heterocycles. The topological polar surface area (TPSA) is 137 Å². The highest BCUT2D eigenvalue weighted by Gasteiger charge is 2.67. The predicted octanol–water partition coefficient (Wildman–Crippen LogP) is 4.49. The molecule has 1 heterocycles. The van der Waals surface area contributed by atoms with Gasteiger partial charge >= 0.3 is 0 Å². The summed E-state index contributed by atoms with van der Waals surface area (Å²) in [5.41, 5.74) is 6.54. The van der Waals surface area contributed by atoms with Gasteiger partial charge in [-0.15, -0.1) is 0 Å². The van der Waals surface area contributed by atoms with Crippen LogP contribution in [-0.4, -0.2) is 42.5 Å².